The molecule has 0 spiro atoms. The number of rotatable bonds is 6. The van der Waals surface area contributed by atoms with Crippen molar-refractivity contribution in [2.24, 2.45) is 4.99 Å². The van der Waals surface area contributed by atoms with Crippen LogP contribution in [0.2, 0.25) is 5.02 Å². The molecule has 1 fully saturated rings. The zero-order valence-corrected chi connectivity index (χ0v) is 19.2. The minimum Gasteiger partial charge on any atom is -0.378 e. The summed E-state index contributed by atoms with van der Waals surface area (Å²) in [6, 6.07) is 16.6. The summed E-state index contributed by atoms with van der Waals surface area (Å²) in [7, 11) is 1.79. The smallest absolute Gasteiger partial charge is 0.191 e. The van der Waals surface area contributed by atoms with Crippen LogP contribution in [-0.2, 0) is 17.7 Å². The molecule has 2 aromatic carbocycles. The molecule has 152 valence electrons. The summed E-state index contributed by atoms with van der Waals surface area (Å²) in [5, 5.41) is 7.48. The molecule has 5 nitrogen and oxygen atoms in total. The third kappa shape index (κ3) is 7.14. The minimum absolute atomic E-state index is 0. The number of hydrogen-bond acceptors (Lipinski definition) is 3. The van der Waals surface area contributed by atoms with Gasteiger partial charge in [0.05, 0.1) is 13.2 Å². The Morgan fingerprint density at radius 1 is 1.00 bits per heavy atom. The van der Waals surface area contributed by atoms with Gasteiger partial charge in [-0.05, 0) is 41.8 Å². The fourth-order valence-corrected chi connectivity index (χ4v) is 3.15. The SMILES string of the molecule is CN=C(NCCc1ccc(Cl)cc1)NCc1ccc(N2CCOCC2)cc1.I. The lowest BCUT2D eigenvalue weighted by Gasteiger charge is -2.28. The van der Waals surface area contributed by atoms with Crippen LogP contribution in [0.25, 0.3) is 0 Å². The number of hydrogen-bond donors (Lipinski definition) is 2. The average molecular weight is 515 g/mol. The highest BCUT2D eigenvalue weighted by Crippen LogP contribution is 2.16. The second kappa shape index (κ2) is 12.1. The summed E-state index contributed by atoms with van der Waals surface area (Å²) in [5.74, 6) is 0.807. The van der Waals surface area contributed by atoms with Crippen molar-refractivity contribution in [3.8, 4) is 0 Å². The van der Waals surface area contributed by atoms with Crippen LogP contribution in [0.3, 0.4) is 0 Å². The maximum atomic E-state index is 5.92. The summed E-state index contributed by atoms with van der Waals surface area (Å²) in [4.78, 5) is 6.65. The number of nitrogens with one attached hydrogen (secondary N) is 2. The molecule has 3 rings (SSSR count). The van der Waals surface area contributed by atoms with E-state index in [-0.39, 0.29) is 24.0 Å². The van der Waals surface area contributed by atoms with E-state index in [2.05, 4.69) is 56.9 Å². The highest BCUT2D eigenvalue weighted by atomic mass is 127. The van der Waals surface area contributed by atoms with Gasteiger partial charge in [0.15, 0.2) is 5.96 Å². The van der Waals surface area contributed by atoms with E-state index >= 15 is 0 Å². The van der Waals surface area contributed by atoms with Crippen molar-refractivity contribution >= 4 is 47.2 Å². The number of benzene rings is 2. The first-order valence-electron chi connectivity index (χ1n) is 9.35. The molecular formula is C21H28ClIN4O. The zero-order chi connectivity index (χ0) is 18.9. The topological polar surface area (TPSA) is 48.9 Å². The highest BCUT2D eigenvalue weighted by molar-refractivity contribution is 14.0. The summed E-state index contributed by atoms with van der Waals surface area (Å²) < 4.78 is 5.41. The summed E-state index contributed by atoms with van der Waals surface area (Å²) in [5.41, 5.74) is 3.74. The maximum Gasteiger partial charge on any atom is 0.191 e. The third-order valence-electron chi connectivity index (χ3n) is 4.62. The Hall–Kier alpha value is -1.51. The largest absolute Gasteiger partial charge is 0.378 e. The van der Waals surface area contributed by atoms with Gasteiger partial charge in [0, 0.05) is 43.9 Å². The molecular weight excluding hydrogens is 487 g/mol. The lowest BCUT2D eigenvalue weighted by Crippen LogP contribution is -2.38. The molecule has 0 aromatic heterocycles. The van der Waals surface area contributed by atoms with E-state index in [4.69, 9.17) is 16.3 Å². The van der Waals surface area contributed by atoms with Crippen molar-refractivity contribution in [2.75, 3.05) is 44.8 Å². The van der Waals surface area contributed by atoms with Crippen molar-refractivity contribution in [3.05, 3.63) is 64.7 Å². The Kier molecular flexibility index (Phi) is 9.87. The van der Waals surface area contributed by atoms with Crippen molar-refractivity contribution in [2.45, 2.75) is 13.0 Å². The molecule has 0 atom stereocenters. The standard InChI is InChI=1S/C21H27ClN4O.HI/c1-23-21(24-11-10-17-2-6-19(22)7-3-17)25-16-18-4-8-20(9-5-18)26-12-14-27-15-13-26;/h2-9H,10-16H2,1H3,(H2,23,24,25);1H. The molecule has 0 unspecified atom stereocenters. The van der Waals surface area contributed by atoms with E-state index in [0.29, 0.717) is 0 Å². The van der Waals surface area contributed by atoms with Crippen LogP contribution in [0.1, 0.15) is 11.1 Å². The van der Waals surface area contributed by atoms with E-state index in [9.17, 15) is 0 Å². The van der Waals surface area contributed by atoms with Crippen molar-refractivity contribution in [1.29, 1.82) is 0 Å². The van der Waals surface area contributed by atoms with Gasteiger partial charge < -0.3 is 20.3 Å². The van der Waals surface area contributed by atoms with Crippen molar-refractivity contribution in [3.63, 3.8) is 0 Å². The molecule has 0 aliphatic carbocycles. The monoisotopic (exact) mass is 514 g/mol. The van der Waals surface area contributed by atoms with Crippen LogP contribution < -0.4 is 15.5 Å². The molecule has 2 aromatic rings. The lowest BCUT2D eigenvalue weighted by atomic mass is 10.1. The van der Waals surface area contributed by atoms with E-state index < -0.39 is 0 Å². The third-order valence-corrected chi connectivity index (χ3v) is 4.87. The average Bonchev–Trinajstić information content (AvgIpc) is 2.73. The fourth-order valence-electron chi connectivity index (χ4n) is 3.03. The Bertz CT molecular complexity index is 731. The molecule has 1 aliphatic rings. The molecule has 1 aliphatic heterocycles. The number of ether oxygens (including phenoxy) is 1. The Balaban J connectivity index is 0.00000280. The predicted molar refractivity (Wildman–Crippen MR) is 128 cm³/mol. The Morgan fingerprint density at radius 2 is 1.64 bits per heavy atom. The minimum atomic E-state index is 0. The Labute approximate surface area is 189 Å². The van der Waals surface area contributed by atoms with Crippen LogP contribution in [0.4, 0.5) is 5.69 Å². The van der Waals surface area contributed by atoms with Gasteiger partial charge >= 0.3 is 0 Å². The zero-order valence-electron chi connectivity index (χ0n) is 16.2. The van der Waals surface area contributed by atoms with E-state index in [1.807, 2.05) is 12.1 Å². The number of aliphatic imine (C=N–C) groups is 1. The number of morpholine rings is 1. The van der Waals surface area contributed by atoms with Gasteiger partial charge in [0.2, 0.25) is 0 Å². The van der Waals surface area contributed by atoms with Crippen LogP contribution in [0, 0.1) is 0 Å². The highest BCUT2D eigenvalue weighted by Gasteiger charge is 2.10. The lowest BCUT2D eigenvalue weighted by molar-refractivity contribution is 0.122. The van der Waals surface area contributed by atoms with Gasteiger partial charge in [-0.2, -0.15) is 0 Å². The molecule has 1 heterocycles. The number of halogens is 2. The van der Waals surface area contributed by atoms with E-state index in [0.717, 1.165) is 56.8 Å². The molecule has 28 heavy (non-hydrogen) atoms. The second-order valence-corrected chi connectivity index (χ2v) is 6.93. The van der Waals surface area contributed by atoms with Gasteiger partial charge in [0.1, 0.15) is 0 Å². The molecule has 1 saturated heterocycles. The van der Waals surface area contributed by atoms with Gasteiger partial charge in [-0.25, -0.2) is 0 Å². The second-order valence-electron chi connectivity index (χ2n) is 6.49. The normalized spacial score (nSPS) is 14.4. The summed E-state index contributed by atoms with van der Waals surface area (Å²) in [6.07, 6.45) is 0.923. The van der Waals surface area contributed by atoms with E-state index in [1.165, 1.54) is 16.8 Å². The first kappa shape index (κ1) is 22.8. The van der Waals surface area contributed by atoms with Crippen LogP contribution in [0.5, 0.6) is 0 Å². The first-order valence-corrected chi connectivity index (χ1v) is 9.73. The van der Waals surface area contributed by atoms with Gasteiger partial charge in [-0.15, -0.1) is 24.0 Å². The summed E-state index contributed by atoms with van der Waals surface area (Å²) >= 11 is 5.92. The van der Waals surface area contributed by atoms with Crippen LogP contribution in [-0.4, -0.2) is 45.9 Å². The fraction of sp³-hybridized carbons (Fsp3) is 0.381. The molecule has 7 heteroatoms. The van der Waals surface area contributed by atoms with Crippen LogP contribution in [0.15, 0.2) is 53.5 Å². The first-order chi connectivity index (χ1) is 13.2. The molecule has 2 N–H and O–H groups in total. The van der Waals surface area contributed by atoms with Crippen molar-refractivity contribution in [1.82, 2.24) is 10.6 Å². The molecule has 0 radical (unpaired) electrons. The maximum absolute atomic E-state index is 5.92. The quantitative estimate of drug-likeness (QED) is 0.351. The van der Waals surface area contributed by atoms with Gasteiger partial charge in [-0.1, -0.05) is 35.9 Å². The van der Waals surface area contributed by atoms with Crippen molar-refractivity contribution < 1.29 is 4.74 Å². The number of guanidine groups is 1. The Morgan fingerprint density at radius 3 is 2.29 bits per heavy atom. The molecule has 0 amide bonds. The number of anilines is 1. The summed E-state index contributed by atoms with van der Waals surface area (Å²) in [6.45, 7) is 5.09. The van der Waals surface area contributed by atoms with Crippen LogP contribution >= 0.6 is 35.6 Å². The number of nitrogens with zero attached hydrogens (tertiary/aromatic N) is 2. The molecule has 0 bridgehead atoms. The molecule has 0 saturated carbocycles. The van der Waals surface area contributed by atoms with Gasteiger partial charge in [0.25, 0.3) is 0 Å². The van der Waals surface area contributed by atoms with Gasteiger partial charge in [-0.3, -0.25) is 4.99 Å². The predicted octanol–water partition coefficient (Wildman–Crippen LogP) is 3.70. The van der Waals surface area contributed by atoms with E-state index in [1.54, 1.807) is 7.05 Å².